The van der Waals surface area contributed by atoms with Crippen LogP contribution in [-0.2, 0) is 4.79 Å². The van der Waals surface area contributed by atoms with Gasteiger partial charge in [-0.25, -0.2) is 4.98 Å². The van der Waals surface area contributed by atoms with Crippen molar-refractivity contribution in [3.8, 4) is 0 Å². The fourth-order valence-electron chi connectivity index (χ4n) is 2.56. The lowest BCUT2D eigenvalue weighted by Crippen LogP contribution is -2.38. The molecule has 0 atom stereocenters. The normalized spacial score (nSPS) is 16.1. The van der Waals surface area contributed by atoms with Gasteiger partial charge in [0, 0.05) is 12.1 Å². The number of carboxylic acid groups (broad SMARTS) is 1. The summed E-state index contributed by atoms with van der Waals surface area (Å²) in [6.45, 7) is 2.15. The summed E-state index contributed by atoms with van der Waals surface area (Å²) in [4.78, 5) is 25.3. The van der Waals surface area contributed by atoms with Crippen molar-refractivity contribution < 1.29 is 14.8 Å². The molecular formula is C13H16BrN3O4. The van der Waals surface area contributed by atoms with Gasteiger partial charge in [0.1, 0.15) is 12.0 Å². The third-order valence-corrected chi connectivity index (χ3v) is 4.98. The van der Waals surface area contributed by atoms with Crippen LogP contribution in [0.2, 0.25) is 0 Å². The number of anilines is 1. The summed E-state index contributed by atoms with van der Waals surface area (Å²) in [7, 11) is 0. The molecule has 0 unspecified atom stereocenters. The number of pyridine rings is 1. The lowest BCUT2D eigenvalue weighted by molar-refractivity contribution is -0.385. The Morgan fingerprint density at radius 3 is 2.76 bits per heavy atom. The SMILES string of the molecule is Cc1c([N+](=O)[O-])cnc(NCC2(CC(=O)O)CCC2)c1Br. The molecule has 2 N–H and O–H groups in total. The van der Waals surface area contributed by atoms with Crippen LogP contribution in [0.5, 0.6) is 0 Å². The van der Waals surface area contributed by atoms with E-state index in [1.807, 2.05) is 0 Å². The highest BCUT2D eigenvalue weighted by atomic mass is 79.9. The lowest BCUT2D eigenvalue weighted by atomic mass is 9.66. The van der Waals surface area contributed by atoms with E-state index in [4.69, 9.17) is 5.11 Å². The number of aromatic nitrogens is 1. The van der Waals surface area contributed by atoms with E-state index in [1.54, 1.807) is 6.92 Å². The Balaban J connectivity index is 2.12. The van der Waals surface area contributed by atoms with Crippen LogP contribution in [-0.4, -0.2) is 27.5 Å². The number of hydrogen-bond acceptors (Lipinski definition) is 5. The Kier molecular flexibility index (Phi) is 4.46. The summed E-state index contributed by atoms with van der Waals surface area (Å²) in [5.41, 5.74) is 0.220. The van der Waals surface area contributed by atoms with Gasteiger partial charge in [-0.3, -0.25) is 14.9 Å². The predicted molar refractivity (Wildman–Crippen MR) is 80.4 cm³/mol. The van der Waals surface area contributed by atoms with Gasteiger partial charge in [-0.1, -0.05) is 6.42 Å². The number of rotatable bonds is 6. The van der Waals surface area contributed by atoms with Crippen LogP contribution < -0.4 is 5.32 Å². The lowest BCUT2D eigenvalue weighted by Gasteiger charge is -2.41. The summed E-state index contributed by atoms with van der Waals surface area (Å²) < 4.78 is 0.543. The number of aliphatic carboxylic acids is 1. The van der Waals surface area contributed by atoms with Gasteiger partial charge in [0.05, 0.1) is 15.8 Å². The standard InChI is InChI=1S/C13H16BrN3O4/c1-8-9(17(20)21)6-15-12(11(8)14)16-7-13(3-2-4-13)5-10(18)19/h6H,2-5,7H2,1H3,(H,15,16)(H,18,19). The zero-order valence-corrected chi connectivity index (χ0v) is 13.1. The Morgan fingerprint density at radius 2 is 2.29 bits per heavy atom. The van der Waals surface area contributed by atoms with Gasteiger partial charge in [0.25, 0.3) is 5.69 Å². The van der Waals surface area contributed by atoms with Gasteiger partial charge >= 0.3 is 5.97 Å². The second kappa shape index (κ2) is 5.97. The first-order chi connectivity index (χ1) is 9.84. The number of carboxylic acids is 1. The molecule has 114 valence electrons. The van der Waals surface area contributed by atoms with Crippen molar-refractivity contribution in [2.75, 3.05) is 11.9 Å². The zero-order chi connectivity index (χ0) is 15.6. The number of carbonyl (C=O) groups is 1. The summed E-state index contributed by atoms with van der Waals surface area (Å²) in [6.07, 6.45) is 4.12. The molecule has 1 aliphatic carbocycles. The maximum absolute atomic E-state index is 10.9. The highest BCUT2D eigenvalue weighted by Crippen LogP contribution is 2.44. The maximum Gasteiger partial charge on any atom is 0.303 e. The molecule has 8 heteroatoms. The van der Waals surface area contributed by atoms with E-state index >= 15 is 0 Å². The van der Waals surface area contributed by atoms with E-state index in [-0.39, 0.29) is 17.5 Å². The highest BCUT2D eigenvalue weighted by Gasteiger charge is 2.39. The van der Waals surface area contributed by atoms with Crippen molar-refractivity contribution in [3.63, 3.8) is 0 Å². The van der Waals surface area contributed by atoms with E-state index in [2.05, 4.69) is 26.2 Å². The number of nitrogens with zero attached hydrogens (tertiary/aromatic N) is 2. The van der Waals surface area contributed by atoms with Crippen LogP contribution in [0.1, 0.15) is 31.2 Å². The molecule has 0 radical (unpaired) electrons. The number of nitro groups is 1. The monoisotopic (exact) mass is 357 g/mol. The molecule has 0 bridgehead atoms. The van der Waals surface area contributed by atoms with Crippen molar-refractivity contribution >= 4 is 33.4 Å². The van der Waals surface area contributed by atoms with Crippen molar-refractivity contribution in [3.05, 3.63) is 26.3 Å². The Hall–Kier alpha value is -1.70. The minimum Gasteiger partial charge on any atom is -0.481 e. The Labute approximate surface area is 130 Å². The molecule has 1 aliphatic rings. The molecule has 1 heterocycles. The second-order valence-corrected chi connectivity index (χ2v) is 6.26. The van der Waals surface area contributed by atoms with E-state index < -0.39 is 10.9 Å². The third kappa shape index (κ3) is 3.31. The van der Waals surface area contributed by atoms with E-state index in [1.165, 1.54) is 6.20 Å². The molecule has 2 rings (SSSR count). The summed E-state index contributed by atoms with van der Waals surface area (Å²) >= 11 is 3.31. The topological polar surface area (TPSA) is 105 Å². The third-order valence-electron chi connectivity index (χ3n) is 4.01. The molecule has 0 aromatic carbocycles. The number of hydrogen-bond donors (Lipinski definition) is 2. The minimum atomic E-state index is -0.802. The number of nitrogens with one attached hydrogen (secondary N) is 1. The number of halogens is 1. The van der Waals surface area contributed by atoms with Crippen LogP contribution in [0, 0.1) is 22.5 Å². The van der Waals surface area contributed by atoms with Crippen molar-refractivity contribution in [2.24, 2.45) is 5.41 Å². The molecule has 1 aromatic rings. The van der Waals surface area contributed by atoms with Gasteiger partial charge in [-0.15, -0.1) is 0 Å². The fourth-order valence-corrected chi connectivity index (χ4v) is 3.01. The second-order valence-electron chi connectivity index (χ2n) is 5.47. The van der Waals surface area contributed by atoms with Crippen LogP contribution in [0.25, 0.3) is 0 Å². The van der Waals surface area contributed by atoms with Crippen LogP contribution in [0.4, 0.5) is 11.5 Å². The molecule has 7 nitrogen and oxygen atoms in total. The molecule has 0 saturated heterocycles. The largest absolute Gasteiger partial charge is 0.481 e. The predicted octanol–water partition coefficient (Wildman–Crippen LogP) is 3.12. The average molecular weight is 358 g/mol. The summed E-state index contributed by atoms with van der Waals surface area (Å²) in [6, 6.07) is 0. The molecule has 1 saturated carbocycles. The first-order valence-corrected chi connectivity index (χ1v) is 7.39. The molecule has 0 aliphatic heterocycles. The molecule has 0 spiro atoms. The summed E-state index contributed by atoms with van der Waals surface area (Å²) in [5, 5.41) is 22.9. The van der Waals surface area contributed by atoms with Crippen LogP contribution >= 0.6 is 15.9 Å². The molecular weight excluding hydrogens is 342 g/mol. The van der Waals surface area contributed by atoms with Crippen LogP contribution in [0.15, 0.2) is 10.7 Å². The summed E-state index contributed by atoms with van der Waals surface area (Å²) in [5.74, 6) is -0.293. The molecule has 21 heavy (non-hydrogen) atoms. The Morgan fingerprint density at radius 1 is 1.62 bits per heavy atom. The first kappa shape index (κ1) is 15.7. The van der Waals surface area contributed by atoms with Crippen molar-refractivity contribution in [1.82, 2.24) is 4.98 Å². The van der Waals surface area contributed by atoms with E-state index in [9.17, 15) is 14.9 Å². The van der Waals surface area contributed by atoms with Gasteiger partial charge in [-0.2, -0.15) is 0 Å². The first-order valence-electron chi connectivity index (χ1n) is 6.60. The van der Waals surface area contributed by atoms with Crippen molar-refractivity contribution in [1.29, 1.82) is 0 Å². The van der Waals surface area contributed by atoms with Gasteiger partial charge < -0.3 is 10.4 Å². The fraction of sp³-hybridized carbons (Fsp3) is 0.538. The molecule has 1 aromatic heterocycles. The zero-order valence-electron chi connectivity index (χ0n) is 11.6. The minimum absolute atomic E-state index is 0.0451. The molecule has 0 amide bonds. The van der Waals surface area contributed by atoms with E-state index in [0.717, 1.165) is 19.3 Å². The maximum atomic E-state index is 10.9. The van der Waals surface area contributed by atoms with Gasteiger partial charge in [-0.05, 0) is 41.1 Å². The van der Waals surface area contributed by atoms with Gasteiger partial charge in [0.2, 0.25) is 0 Å². The average Bonchev–Trinajstić information content (AvgIpc) is 2.36. The quantitative estimate of drug-likeness (QED) is 0.598. The highest BCUT2D eigenvalue weighted by molar-refractivity contribution is 9.10. The van der Waals surface area contributed by atoms with Gasteiger partial charge in [0.15, 0.2) is 0 Å². The smallest absolute Gasteiger partial charge is 0.303 e. The van der Waals surface area contributed by atoms with Crippen LogP contribution in [0.3, 0.4) is 0 Å². The van der Waals surface area contributed by atoms with Crippen molar-refractivity contribution in [2.45, 2.75) is 32.6 Å². The molecule has 1 fully saturated rings. The van der Waals surface area contributed by atoms with E-state index in [0.29, 0.717) is 22.4 Å². The Bertz CT molecular complexity index is 587.